The maximum atomic E-state index is 15.1. The van der Waals surface area contributed by atoms with Crippen LogP contribution in [-0.2, 0) is 16.9 Å². The Morgan fingerprint density at radius 2 is 1.70 bits per heavy atom. The summed E-state index contributed by atoms with van der Waals surface area (Å²) >= 11 is 1.25. The molecule has 9 heteroatoms. The third kappa shape index (κ3) is 3.36. The van der Waals surface area contributed by atoms with Crippen LogP contribution >= 0.6 is 11.3 Å². The molecule has 6 aromatic rings. The molecule has 4 heterocycles. The molecule has 0 aliphatic carbocycles. The van der Waals surface area contributed by atoms with Crippen molar-refractivity contribution in [2.45, 2.75) is 19.0 Å². The molecule has 2 amide bonds. The van der Waals surface area contributed by atoms with Crippen molar-refractivity contribution < 1.29 is 18.7 Å². The van der Waals surface area contributed by atoms with Gasteiger partial charge in [0.25, 0.3) is 11.8 Å². The highest BCUT2D eigenvalue weighted by atomic mass is 32.1. The van der Waals surface area contributed by atoms with Gasteiger partial charge >= 0.3 is 0 Å². The Bertz CT molecular complexity index is 2220. The number of amides is 2. The van der Waals surface area contributed by atoms with E-state index in [2.05, 4.69) is 0 Å². The third-order valence-electron chi connectivity index (χ3n) is 8.40. The number of nitrogens with zero attached hydrogens (tertiary/aromatic N) is 3. The normalized spacial score (nSPS) is 17.3. The molecule has 1 spiro atoms. The lowest BCUT2D eigenvalue weighted by Crippen LogP contribution is -2.53. The molecule has 0 radical (unpaired) electrons. The van der Waals surface area contributed by atoms with Gasteiger partial charge in [-0.05, 0) is 54.4 Å². The first kappa shape index (κ1) is 25.4. The van der Waals surface area contributed by atoms with E-state index in [1.807, 2.05) is 61.5 Å². The van der Waals surface area contributed by atoms with Gasteiger partial charge < -0.3 is 14.1 Å². The molecule has 8 rings (SSSR count). The van der Waals surface area contributed by atoms with Gasteiger partial charge in [0.05, 0.1) is 40.5 Å². The molecule has 2 aromatic heterocycles. The molecule has 0 saturated carbocycles. The largest absolute Gasteiger partial charge is 0.497 e. The Hall–Kier alpha value is -5.28. The quantitative estimate of drug-likeness (QED) is 0.246. The van der Waals surface area contributed by atoms with Crippen molar-refractivity contribution in [3.63, 3.8) is 0 Å². The molecule has 0 N–H and O–H groups in total. The SMILES string of the molecule is COc1ccc2nc(N3C(=O)c4oc5ccccc5c(=O)c4C34C(=O)N(Cc3ccccc3C)c3ccccc34)sc2c1. The molecule has 1 unspecified atom stereocenters. The predicted octanol–water partition coefficient (Wildman–Crippen LogP) is 6.17. The first-order valence-electron chi connectivity index (χ1n) is 13.7. The Morgan fingerprint density at radius 3 is 2.53 bits per heavy atom. The first-order valence-corrected chi connectivity index (χ1v) is 14.6. The van der Waals surface area contributed by atoms with Crippen molar-refractivity contribution >= 4 is 55.2 Å². The summed E-state index contributed by atoms with van der Waals surface area (Å²) in [6.07, 6.45) is 0. The standard InChI is InChI=1S/C34H23N3O5S/c1-19-9-3-4-10-20(19)18-36-25-13-7-6-12-23(25)34(32(36)40)28-29(38)22-11-5-8-14-26(22)42-30(28)31(39)37(34)33-35-24-16-15-21(41-2)17-27(24)43-33/h3-17H,18H2,1-2H3. The van der Waals surface area contributed by atoms with E-state index in [-0.39, 0.29) is 28.6 Å². The van der Waals surface area contributed by atoms with Gasteiger partial charge in [-0.1, -0.05) is 65.9 Å². The van der Waals surface area contributed by atoms with Crippen LogP contribution in [0.2, 0.25) is 0 Å². The number of methoxy groups -OCH3 is 1. The molecular formula is C34H23N3O5S. The summed E-state index contributed by atoms with van der Waals surface area (Å²) in [6, 6.07) is 27.4. The zero-order chi connectivity index (χ0) is 29.5. The van der Waals surface area contributed by atoms with Crippen LogP contribution < -0.4 is 20.0 Å². The molecule has 0 saturated heterocycles. The van der Waals surface area contributed by atoms with Crippen LogP contribution in [0.25, 0.3) is 21.2 Å². The average molecular weight is 586 g/mol. The van der Waals surface area contributed by atoms with Crippen molar-refractivity contribution in [2.24, 2.45) is 0 Å². The summed E-state index contributed by atoms with van der Waals surface area (Å²) in [5.41, 5.74) is 1.83. The summed E-state index contributed by atoms with van der Waals surface area (Å²) in [4.78, 5) is 51.8. The average Bonchev–Trinajstić information content (AvgIpc) is 3.63. The molecule has 2 aliphatic rings. The first-order chi connectivity index (χ1) is 20.9. The maximum absolute atomic E-state index is 15.1. The van der Waals surface area contributed by atoms with Gasteiger partial charge in [-0.2, -0.15) is 0 Å². The minimum Gasteiger partial charge on any atom is -0.497 e. The van der Waals surface area contributed by atoms with Crippen molar-refractivity contribution in [3.8, 4) is 5.75 Å². The number of aromatic nitrogens is 1. The van der Waals surface area contributed by atoms with E-state index in [0.717, 1.165) is 15.8 Å². The van der Waals surface area contributed by atoms with Crippen molar-refractivity contribution in [1.29, 1.82) is 0 Å². The number of anilines is 2. The van der Waals surface area contributed by atoms with Crippen molar-refractivity contribution in [2.75, 3.05) is 16.9 Å². The number of carbonyl (C=O) groups is 2. The second-order valence-electron chi connectivity index (χ2n) is 10.6. The van der Waals surface area contributed by atoms with E-state index in [1.165, 1.54) is 16.2 Å². The zero-order valence-electron chi connectivity index (χ0n) is 23.2. The smallest absolute Gasteiger partial charge is 0.297 e. The number of aryl methyl sites for hydroxylation is 1. The summed E-state index contributed by atoms with van der Waals surface area (Å²) < 4.78 is 12.4. The zero-order valence-corrected chi connectivity index (χ0v) is 24.0. The van der Waals surface area contributed by atoms with Crippen LogP contribution in [0, 0.1) is 6.92 Å². The Balaban J connectivity index is 1.45. The number of para-hydroxylation sites is 2. The van der Waals surface area contributed by atoms with E-state index >= 15 is 4.79 Å². The van der Waals surface area contributed by atoms with Crippen LogP contribution in [0.3, 0.4) is 0 Å². The fraction of sp³-hybridized carbons (Fsp3) is 0.118. The third-order valence-corrected chi connectivity index (χ3v) is 9.40. The highest BCUT2D eigenvalue weighted by Gasteiger charge is 2.66. The van der Waals surface area contributed by atoms with Crippen molar-refractivity contribution in [1.82, 2.24) is 4.98 Å². The lowest BCUT2D eigenvalue weighted by atomic mass is 9.84. The van der Waals surface area contributed by atoms with Crippen LogP contribution in [0.4, 0.5) is 10.8 Å². The molecule has 4 aromatic carbocycles. The molecule has 2 aliphatic heterocycles. The number of carbonyl (C=O) groups excluding carboxylic acids is 2. The minimum atomic E-state index is -1.81. The highest BCUT2D eigenvalue weighted by Crippen LogP contribution is 2.55. The summed E-state index contributed by atoms with van der Waals surface area (Å²) in [5, 5.41) is 0.580. The second-order valence-corrected chi connectivity index (χ2v) is 11.7. The monoisotopic (exact) mass is 585 g/mol. The molecular weight excluding hydrogens is 562 g/mol. The molecule has 1 atom stereocenters. The summed E-state index contributed by atoms with van der Waals surface area (Å²) in [5.74, 6) is -0.516. The van der Waals surface area contributed by atoms with E-state index < -0.39 is 22.8 Å². The number of fused-ring (bicyclic) bond motifs is 6. The fourth-order valence-corrected chi connectivity index (χ4v) is 7.39. The molecule has 43 heavy (non-hydrogen) atoms. The van der Waals surface area contributed by atoms with Crippen LogP contribution in [0.1, 0.15) is 32.8 Å². The van der Waals surface area contributed by atoms with E-state index in [1.54, 1.807) is 48.4 Å². The van der Waals surface area contributed by atoms with Crippen LogP contribution in [0.5, 0.6) is 5.75 Å². The van der Waals surface area contributed by atoms with Gasteiger partial charge in [0.15, 0.2) is 16.1 Å². The van der Waals surface area contributed by atoms with Crippen LogP contribution in [0.15, 0.2) is 100 Å². The highest BCUT2D eigenvalue weighted by molar-refractivity contribution is 7.22. The fourth-order valence-electron chi connectivity index (χ4n) is 6.34. The van der Waals surface area contributed by atoms with Gasteiger partial charge in [-0.3, -0.25) is 19.3 Å². The summed E-state index contributed by atoms with van der Waals surface area (Å²) in [6.45, 7) is 2.26. The second kappa shape index (κ2) is 9.11. The van der Waals surface area contributed by atoms with E-state index in [4.69, 9.17) is 14.1 Å². The number of benzene rings is 4. The molecule has 210 valence electrons. The summed E-state index contributed by atoms with van der Waals surface area (Å²) in [7, 11) is 1.58. The Labute approximate surface area is 249 Å². The maximum Gasteiger partial charge on any atom is 0.297 e. The number of hydrogen-bond acceptors (Lipinski definition) is 7. The van der Waals surface area contributed by atoms with Gasteiger partial charge in [0, 0.05) is 5.56 Å². The Kier molecular flexibility index (Phi) is 5.39. The number of thiazole rings is 1. The number of hydrogen-bond donors (Lipinski definition) is 0. The minimum absolute atomic E-state index is 0.0118. The Morgan fingerprint density at radius 1 is 0.930 bits per heavy atom. The lowest BCUT2D eigenvalue weighted by Gasteiger charge is -2.32. The number of ether oxygens (including phenoxy) is 1. The molecule has 8 nitrogen and oxygen atoms in total. The molecule has 0 fully saturated rings. The van der Waals surface area contributed by atoms with E-state index in [9.17, 15) is 9.59 Å². The lowest BCUT2D eigenvalue weighted by molar-refractivity contribution is -0.121. The van der Waals surface area contributed by atoms with Gasteiger partial charge in [0.1, 0.15) is 11.3 Å². The van der Waals surface area contributed by atoms with Gasteiger partial charge in [-0.25, -0.2) is 4.98 Å². The number of rotatable bonds is 4. The predicted molar refractivity (Wildman–Crippen MR) is 165 cm³/mol. The van der Waals surface area contributed by atoms with Gasteiger partial charge in [-0.15, -0.1) is 0 Å². The van der Waals surface area contributed by atoms with E-state index in [0.29, 0.717) is 27.9 Å². The van der Waals surface area contributed by atoms with Crippen molar-refractivity contribution in [3.05, 3.63) is 129 Å². The van der Waals surface area contributed by atoms with Crippen LogP contribution in [-0.4, -0.2) is 23.9 Å². The molecule has 0 bridgehead atoms. The van der Waals surface area contributed by atoms with Gasteiger partial charge in [0.2, 0.25) is 5.76 Å². The topological polar surface area (TPSA) is 93.0 Å².